The van der Waals surface area contributed by atoms with Gasteiger partial charge in [0.15, 0.2) is 0 Å². The van der Waals surface area contributed by atoms with Crippen LogP contribution in [-0.4, -0.2) is 28.5 Å². The molecule has 0 bridgehead atoms. The number of aromatic nitrogens is 2. The number of carbonyl (C=O) groups is 1. The minimum Gasteiger partial charge on any atom is -0.369 e. The molecule has 0 saturated carbocycles. The fourth-order valence-corrected chi connectivity index (χ4v) is 4.66. The van der Waals surface area contributed by atoms with Crippen LogP contribution in [-0.2, 0) is 11.3 Å². The van der Waals surface area contributed by atoms with Crippen LogP contribution in [0.2, 0.25) is 0 Å². The molecule has 0 atom stereocenters. The zero-order valence-corrected chi connectivity index (χ0v) is 17.3. The molecule has 8 heteroatoms. The van der Waals surface area contributed by atoms with E-state index in [1.165, 1.54) is 28.3 Å². The highest BCUT2D eigenvalue weighted by Gasteiger charge is 2.17. The number of benzene rings is 1. The maximum absolute atomic E-state index is 14.4. The van der Waals surface area contributed by atoms with E-state index in [1.807, 2.05) is 18.7 Å². The quantitative estimate of drug-likeness (QED) is 0.689. The van der Waals surface area contributed by atoms with E-state index in [9.17, 15) is 14.0 Å². The number of thiophene rings is 1. The molecule has 1 aliphatic rings. The lowest BCUT2D eigenvalue weighted by Crippen LogP contribution is -2.23. The molecular weight excluding hydrogens is 391 g/mol. The van der Waals surface area contributed by atoms with Crippen LogP contribution in [0.25, 0.3) is 10.2 Å². The molecule has 0 unspecified atom stereocenters. The van der Waals surface area contributed by atoms with Gasteiger partial charge in [0.25, 0.3) is 5.56 Å². The van der Waals surface area contributed by atoms with Crippen LogP contribution < -0.4 is 15.8 Å². The van der Waals surface area contributed by atoms with Gasteiger partial charge >= 0.3 is 0 Å². The van der Waals surface area contributed by atoms with Gasteiger partial charge in [-0.2, -0.15) is 0 Å². The standard InChI is InChI=1S/C21H23FN4O2S/c1-13-14(2)29-20-19(13)21(28)26(12-23-20)10-7-18(27)24-15-5-6-17(16(22)11-15)25-8-3-4-9-25/h5-6,11-12H,3-4,7-10H2,1-2H3,(H,24,27). The number of hydrogen-bond acceptors (Lipinski definition) is 5. The van der Waals surface area contributed by atoms with Crippen LogP contribution in [0.5, 0.6) is 0 Å². The van der Waals surface area contributed by atoms with E-state index in [-0.39, 0.29) is 30.2 Å². The van der Waals surface area contributed by atoms with Gasteiger partial charge in [-0.25, -0.2) is 9.37 Å². The van der Waals surface area contributed by atoms with Crippen molar-refractivity contribution < 1.29 is 9.18 Å². The third kappa shape index (κ3) is 3.89. The maximum Gasteiger partial charge on any atom is 0.262 e. The second kappa shape index (κ2) is 7.94. The molecule has 3 heterocycles. The fraction of sp³-hybridized carbons (Fsp3) is 0.381. The van der Waals surface area contributed by atoms with Gasteiger partial charge in [0.2, 0.25) is 5.91 Å². The molecule has 152 valence electrons. The van der Waals surface area contributed by atoms with E-state index < -0.39 is 0 Å². The van der Waals surface area contributed by atoms with Crippen molar-refractivity contribution in [2.24, 2.45) is 0 Å². The number of halogens is 1. The summed E-state index contributed by atoms with van der Waals surface area (Å²) in [5, 5.41) is 3.33. The number of rotatable bonds is 5. The van der Waals surface area contributed by atoms with Gasteiger partial charge in [-0.15, -0.1) is 11.3 Å². The number of anilines is 2. The van der Waals surface area contributed by atoms with Gasteiger partial charge in [0.05, 0.1) is 17.4 Å². The molecule has 0 aliphatic carbocycles. The van der Waals surface area contributed by atoms with E-state index in [2.05, 4.69) is 10.3 Å². The predicted octanol–water partition coefficient (Wildman–Crippen LogP) is 3.84. The number of fused-ring (bicyclic) bond motifs is 1. The minimum absolute atomic E-state index is 0.102. The van der Waals surface area contributed by atoms with Crippen molar-refractivity contribution in [1.29, 1.82) is 0 Å². The lowest BCUT2D eigenvalue weighted by Gasteiger charge is -2.18. The summed E-state index contributed by atoms with van der Waals surface area (Å²) in [5.74, 6) is -0.609. The van der Waals surface area contributed by atoms with Gasteiger partial charge in [0, 0.05) is 36.6 Å². The summed E-state index contributed by atoms with van der Waals surface area (Å²) in [6.45, 7) is 5.82. The molecule has 1 saturated heterocycles. The van der Waals surface area contributed by atoms with Gasteiger partial charge in [-0.1, -0.05) is 0 Å². The Morgan fingerprint density at radius 1 is 1.28 bits per heavy atom. The molecule has 6 nitrogen and oxygen atoms in total. The first-order valence-electron chi connectivity index (χ1n) is 9.73. The molecule has 1 fully saturated rings. The van der Waals surface area contributed by atoms with E-state index in [0.29, 0.717) is 16.8 Å². The topological polar surface area (TPSA) is 67.2 Å². The predicted molar refractivity (Wildman–Crippen MR) is 114 cm³/mol. The van der Waals surface area contributed by atoms with Crippen LogP contribution in [0, 0.1) is 19.7 Å². The van der Waals surface area contributed by atoms with Crippen LogP contribution in [0.15, 0.2) is 29.3 Å². The highest BCUT2D eigenvalue weighted by Crippen LogP contribution is 2.27. The second-order valence-corrected chi connectivity index (χ2v) is 8.57. The third-order valence-corrected chi connectivity index (χ3v) is 6.53. The Labute approximate surface area is 172 Å². The molecule has 2 aromatic heterocycles. The average Bonchev–Trinajstić information content (AvgIpc) is 3.30. The summed E-state index contributed by atoms with van der Waals surface area (Å²) in [5.41, 5.74) is 1.80. The molecule has 1 amide bonds. The SMILES string of the molecule is Cc1sc2ncn(CCC(=O)Nc3ccc(N4CCCC4)c(F)c3)c(=O)c2c1C. The van der Waals surface area contributed by atoms with Crippen molar-refractivity contribution in [3.05, 3.63) is 51.1 Å². The largest absolute Gasteiger partial charge is 0.369 e. The number of nitrogens with zero attached hydrogens (tertiary/aromatic N) is 3. The van der Waals surface area contributed by atoms with E-state index >= 15 is 0 Å². The summed E-state index contributed by atoms with van der Waals surface area (Å²) in [6, 6.07) is 4.77. The van der Waals surface area contributed by atoms with E-state index in [1.54, 1.807) is 12.1 Å². The van der Waals surface area contributed by atoms with Crippen LogP contribution in [0.1, 0.15) is 29.7 Å². The van der Waals surface area contributed by atoms with Crippen molar-refractivity contribution in [3.63, 3.8) is 0 Å². The van der Waals surface area contributed by atoms with Crippen molar-refractivity contribution in [2.75, 3.05) is 23.3 Å². The molecule has 1 N–H and O–H groups in total. The Bertz CT molecular complexity index is 1130. The van der Waals surface area contributed by atoms with Crippen LogP contribution in [0.3, 0.4) is 0 Å². The lowest BCUT2D eigenvalue weighted by atomic mass is 10.2. The van der Waals surface area contributed by atoms with Gasteiger partial charge < -0.3 is 10.2 Å². The molecular formula is C21H23FN4O2S. The Balaban J connectivity index is 1.42. The average molecular weight is 415 g/mol. The molecule has 1 aromatic carbocycles. The van der Waals surface area contributed by atoms with Crippen molar-refractivity contribution >= 4 is 38.8 Å². The number of hydrogen-bond donors (Lipinski definition) is 1. The lowest BCUT2D eigenvalue weighted by molar-refractivity contribution is -0.116. The Hall–Kier alpha value is -2.74. The van der Waals surface area contributed by atoms with Crippen LogP contribution in [0.4, 0.5) is 15.8 Å². The third-order valence-electron chi connectivity index (χ3n) is 5.41. The molecule has 29 heavy (non-hydrogen) atoms. The number of amides is 1. The minimum atomic E-state index is -0.334. The summed E-state index contributed by atoms with van der Waals surface area (Å²) in [6.07, 6.45) is 3.73. The van der Waals surface area contributed by atoms with Crippen molar-refractivity contribution in [3.8, 4) is 0 Å². The summed E-state index contributed by atoms with van der Waals surface area (Å²) in [7, 11) is 0. The molecule has 0 radical (unpaired) electrons. The molecule has 1 aliphatic heterocycles. The molecule has 3 aromatic rings. The van der Waals surface area contributed by atoms with Gasteiger partial charge in [-0.05, 0) is 50.5 Å². The Kier molecular flexibility index (Phi) is 5.36. The second-order valence-electron chi connectivity index (χ2n) is 7.37. The fourth-order valence-electron chi connectivity index (χ4n) is 3.67. The first-order valence-corrected chi connectivity index (χ1v) is 10.5. The smallest absolute Gasteiger partial charge is 0.262 e. The van der Waals surface area contributed by atoms with Crippen molar-refractivity contribution in [2.45, 2.75) is 39.7 Å². The highest BCUT2D eigenvalue weighted by atomic mass is 32.1. The van der Waals surface area contributed by atoms with Gasteiger partial charge in [-0.3, -0.25) is 14.2 Å². The first kappa shape index (κ1) is 19.6. The number of carbonyl (C=O) groups excluding carboxylic acids is 1. The maximum atomic E-state index is 14.4. The molecule has 0 spiro atoms. The number of aryl methyl sites for hydroxylation is 3. The normalized spacial score (nSPS) is 14.0. The summed E-state index contributed by atoms with van der Waals surface area (Å²) >= 11 is 1.50. The Morgan fingerprint density at radius 2 is 2.03 bits per heavy atom. The zero-order valence-electron chi connectivity index (χ0n) is 16.5. The highest BCUT2D eigenvalue weighted by molar-refractivity contribution is 7.18. The summed E-state index contributed by atoms with van der Waals surface area (Å²) < 4.78 is 15.9. The zero-order chi connectivity index (χ0) is 20.5. The van der Waals surface area contributed by atoms with E-state index in [4.69, 9.17) is 0 Å². The molecule has 4 rings (SSSR count). The first-order chi connectivity index (χ1) is 13.9. The summed E-state index contributed by atoms with van der Waals surface area (Å²) in [4.78, 5) is 33.1. The van der Waals surface area contributed by atoms with E-state index in [0.717, 1.165) is 41.2 Å². The monoisotopic (exact) mass is 414 g/mol. The van der Waals surface area contributed by atoms with Gasteiger partial charge in [0.1, 0.15) is 10.6 Å². The van der Waals surface area contributed by atoms with Crippen LogP contribution >= 0.6 is 11.3 Å². The Morgan fingerprint density at radius 3 is 2.76 bits per heavy atom. The van der Waals surface area contributed by atoms with Crippen molar-refractivity contribution in [1.82, 2.24) is 9.55 Å². The number of nitrogens with one attached hydrogen (secondary N) is 1.